The first kappa shape index (κ1) is 39.6. The van der Waals surface area contributed by atoms with Crippen molar-refractivity contribution >= 4 is 45.0 Å². The molecule has 0 aromatic heterocycles. The summed E-state index contributed by atoms with van der Waals surface area (Å²) in [7, 11) is -4.31. The van der Waals surface area contributed by atoms with Gasteiger partial charge >= 0.3 is 5.97 Å². The number of carbonyl (C=O) groups excluding carboxylic acids is 3. The number of hydrogen-bond acceptors (Lipinski definition) is 7. The third kappa shape index (κ3) is 8.47. The Labute approximate surface area is 313 Å². The highest BCUT2D eigenvalue weighted by atomic mass is 32.2. The summed E-state index contributed by atoms with van der Waals surface area (Å²) in [5, 5.41) is 0.610. The SMILES string of the molecule is CCCN1\C(=C/C=C/C=C/C=C/C2=[N+](CCC)c3ccc(S(=O)(=O)O)cc3C2(C)C)C(C)(CCCCCC(=O)ON2C(=O)CCC2=O)c2ccccc21. The normalized spacial score (nSPS) is 20.6. The molecule has 0 spiro atoms. The Bertz CT molecular complexity index is 1990. The lowest BCUT2D eigenvalue weighted by atomic mass is 9.77. The monoisotopic (exact) mass is 742 g/mol. The molecule has 282 valence electrons. The van der Waals surface area contributed by atoms with Gasteiger partial charge in [0.25, 0.3) is 21.9 Å². The standard InChI is InChI=1S/C42H51N3O7S/c1-6-28-43-35-24-23-31(53(49,50)51)30-33(35)41(3,4)36(43)20-12-9-8-10-13-21-37-42(5,32-18-15-16-19-34(32)44(37)29-7-2)27-17-11-14-22-40(48)52-45-38(46)25-26-39(45)47/h8-10,12-13,15-16,18-21,23-24,30H,6-7,11,14,17,22,25-29H2,1-5H3/p+1. The molecule has 1 saturated heterocycles. The van der Waals surface area contributed by atoms with E-state index in [1.165, 1.54) is 23.0 Å². The zero-order chi connectivity index (χ0) is 38.4. The minimum absolute atomic E-state index is 0.0811. The molecule has 2 aromatic carbocycles. The Morgan fingerprint density at radius 3 is 2.30 bits per heavy atom. The molecule has 0 aliphatic carbocycles. The number of hydrogen-bond donors (Lipinski definition) is 1. The number of rotatable bonds is 16. The lowest BCUT2D eigenvalue weighted by Crippen LogP contribution is -2.32. The Morgan fingerprint density at radius 1 is 0.906 bits per heavy atom. The van der Waals surface area contributed by atoms with Crippen LogP contribution in [0.1, 0.15) is 104 Å². The van der Waals surface area contributed by atoms with Crippen LogP contribution >= 0.6 is 0 Å². The summed E-state index contributed by atoms with van der Waals surface area (Å²) >= 11 is 0. The number of unbranched alkanes of at least 4 members (excludes halogenated alkanes) is 2. The number of para-hydroxylation sites is 1. The number of carbonyl (C=O) groups is 3. The molecule has 10 nitrogen and oxygen atoms in total. The molecule has 0 saturated carbocycles. The Kier molecular flexibility index (Phi) is 12.4. The number of allylic oxidation sites excluding steroid dienone is 8. The van der Waals surface area contributed by atoms with E-state index >= 15 is 0 Å². The first-order valence-electron chi connectivity index (χ1n) is 18.7. The van der Waals surface area contributed by atoms with Crippen molar-refractivity contribution < 1.29 is 36.8 Å². The van der Waals surface area contributed by atoms with E-state index in [0.717, 1.165) is 62.2 Å². The number of nitrogens with zero attached hydrogens (tertiary/aromatic N) is 3. The van der Waals surface area contributed by atoms with Gasteiger partial charge in [0.05, 0.1) is 10.3 Å². The van der Waals surface area contributed by atoms with Crippen LogP contribution in [0.25, 0.3) is 0 Å². The number of anilines is 1. The van der Waals surface area contributed by atoms with Crippen molar-refractivity contribution in [1.82, 2.24) is 5.06 Å². The van der Waals surface area contributed by atoms with Crippen molar-refractivity contribution in [3.05, 3.63) is 102 Å². The average Bonchev–Trinajstić information content (AvgIpc) is 3.63. The van der Waals surface area contributed by atoms with Gasteiger partial charge in [-0.2, -0.15) is 13.0 Å². The summed E-state index contributed by atoms with van der Waals surface area (Å²) in [5.41, 5.74) is 5.92. The maximum atomic E-state index is 12.3. The van der Waals surface area contributed by atoms with Gasteiger partial charge in [0.15, 0.2) is 5.71 Å². The van der Waals surface area contributed by atoms with Crippen molar-refractivity contribution in [2.75, 3.05) is 18.0 Å². The molecule has 0 bridgehead atoms. The maximum Gasteiger partial charge on any atom is 0.333 e. The zero-order valence-electron chi connectivity index (χ0n) is 31.5. The second-order valence-electron chi connectivity index (χ2n) is 14.6. The number of amides is 2. The highest BCUT2D eigenvalue weighted by Crippen LogP contribution is 2.50. The van der Waals surface area contributed by atoms with Gasteiger partial charge in [0.2, 0.25) is 5.69 Å². The summed E-state index contributed by atoms with van der Waals surface area (Å²) in [6.45, 7) is 12.4. The van der Waals surface area contributed by atoms with E-state index in [0.29, 0.717) is 11.5 Å². The van der Waals surface area contributed by atoms with Crippen molar-refractivity contribution in [3.8, 4) is 0 Å². The molecule has 1 fully saturated rings. The molecule has 0 radical (unpaired) electrons. The van der Waals surface area contributed by atoms with Crippen molar-refractivity contribution in [1.29, 1.82) is 0 Å². The molecule has 3 aliphatic rings. The van der Waals surface area contributed by atoms with Crippen LogP contribution in [-0.4, -0.2) is 59.2 Å². The fourth-order valence-electron chi connectivity index (χ4n) is 7.74. The van der Waals surface area contributed by atoms with Crippen LogP contribution in [0.2, 0.25) is 0 Å². The van der Waals surface area contributed by atoms with E-state index < -0.39 is 33.3 Å². The average molecular weight is 743 g/mol. The molecule has 2 amide bonds. The Balaban J connectivity index is 1.27. The minimum atomic E-state index is -4.31. The fourth-order valence-corrected chi connectivity index (χ4v) is 8.24. The molecule has 2 aromatic rings. The van der Waals surface area contributed by atoms with E-state index in [9.17, 15) is 27.4 Å². The second-order valence-corrected chi connectivity index (χ2v) is 16.0. The molecular weight excluding hydrogens is 691 g/mol. The number of fused-ring (bicyclic) bond motifs is 2. The van der Waals surface area contributed by atoms with Crippen LogP contribution in [0.5, 0.6) is 0 Å². The van der Waals surface area contributed by atoms with Gasteiger partial charge < -0.3 is 9.74 Å². The number of benzene rings is 2. The minimum Gasteiger partial charge on any atom is -0.344 e. The van der Waals surface area contributed by atoms with Gasteiger partial charge in [0.1, 0.15) is 6.54 Å². The van der Waals surface area contributed by atoms with Crippen LogP contribution in [0.4, 0.5) is 11.4 Å². The highest BCUT2D eigenvalue weighted by molar-refractivity contribution is 7.85. The molecular formula is C42H52N3O7S+. The Morgan fingerprint density at radius 2 is 1.60 bits per heavy atom. The van der Waals surface area contributed by atoms with Crippen LogP contribution in [-0.2, 0) is 40.2 Å². The van der Waals surface area contributed by atoms with Crippen LogP contribution < -0.4 is 4.90 Å². The van der Waals surface area contributed by atoms with Gasteiger partial charge in [-0.1, -0.05) is 75.3 Å². The van der Waals surface area contributed by atoms with E-state index in [1.54, 1.807) is 12.1 Å². The quantitative estimate of drug-likeness (QED) is 0.0603. The molecule has 1 atom stereocenters. The Hall–Kier alpha value is -4.61. The highest BCUT2D eigenvalue weighted by Gasteiger charge is 2.45. The van der Waals surface area contributed by atoms with Gasteiger partial charge in [0, 0.05) is 66.7 Å². The molecule has 11 heteroatoms. The third-order valence-corrected chi connectivity index (χ3v) is 11.3. The van der Waals surface area contributed by atoms with Crippen molar-refractivity contribution in [3.63, 3.8) is 0 Å². The molecule has 53 heavy (non-hydrogen) atoms. The van der Waals surface area contributed by atoms with E-state index in [2.05, 4.69) is 86.6 Å². The van der Waals surface area contributed by atoms with E-state index in [4.69, 9.17) is 4.84 Å². The first-order chi connectivity index (χ1) is 25.2. The zero-order valence-corrected chi connectivity index (χ0v) is 32.3. The number of hydroxylamine groups is 2. The van der Waals surface area contributed by atoms with Crippen molar-refractivity contribution in [2.45, 2.75) is 108 Å². The predicted octanol–water partition coefficient (Wildman–Crippen LogP) is 8.02. The third-order valence-electron chi connectivity index (χ3n) is 10.4. The molecule has 1 unspecified atom stereocenters. The summed E-state index contributed by atoms with van der Waals surface area (Å²) in [6.07, 6.45) is 19.8. The number of imide groups is 1. The largest absolute Gasteiger partial charge is 0.344 e. The maximum absolute atomic E-state index is 12.3. The van der Waals surface area contributed by atoms with Crippen LogP contribution in [0, 0.1) is 0 Å². The lowest BCUT2D eigenvalue weighted by Gasteiger charge is -2.30. The summed E-state index contributed by atoms with van der Waals surface area (Å²) in [5.74, 6) is -1.49. The van der Waals surface area contributed by atoms with E-state index in [1.807, 2.05) is 24.3 Å². The molecule has 5 rings (SSSR count). The topological polar surface area (TPSA) is 124 Å². The fraction of sp³-hybridized carbons (Fsp3) is 0.429. The van der Waals surface area contributed by atoms with E-state index in [-0.39, 0.29) is 29.6 Å². The predicted molar refractivity (Wildman–Crippen MR) is 207 cm³/mol. The smallest absolute Gasteiger partial charge is 0.333 e. The van der Waals surface area contributed by atoms with Gasteiger partial charge in [-0.05, 0) is 69.9 Å². The lowest BCUT2D eigenvalue weighted by molar-refractivity contribution is -0.437. The van der Waals surface area contributed by atoms with Gasteiger partial charge in [-0.3, -0.25) is 14.1 Å². The van der Waals surface area contributed by atoms with Crippen LogP contribution in [0.15, 0.2) is 95.6 Å². The first-order valence-corrected chi connectivity index (χ1v) is 20.1. The van der Waals surface area contributed by atoms with Crippen LogP contribution in [0.3, 0.4) is 0 Å². The van der Waals surface area contributed by atoms with Gasteiger partial charge in [-0.15, -0.1) is 5.06 Å². The summed E-state index contributed by atoms with van der Waals surface area (Å²) in [6, 6.07) is 13.4. The summed E-state index contributed by atoms with van der Waals surface area (Å²) in [4.78, 5) is 43.2. The summed E-state index contributed by atoms with van der Waals surface area (Å²) < 4.78 is 35.6. The molecule has 1 N–H and O–H groups in total. The second kappa shape index (κ2) is 16.6. The van der Waals surface area contributed by atoms with Gasteiger partial charge in [-0.25, -0.2) is 4.79 Å². The molecule has 3 heterocycles. The molecule has 3 aliphatic heterocycles. The van der Waals surface area contributed by atoms with Crippen molar-refractivity contribution in [2.24, 2.45) is 0 Å².